The number of hydrogen-bond donors (Lipinski definition) is 0. The predicted octanol–water partition coefficient (Wildman–Crippen LogP) is 10.1. The summed E-state index contributed by atoms with van der Waals surface area (Å²) in [6.07, 6.45) is 8.10. The van der Waals surface area contributed by atoms with Crippen LogP contribution in [0.15, 0.2) is 60.1 Å². The van der Waals surface area contributed by atoms with Crippen molar-refractivity contribution in [2.75, 3.05) is 0 Å². The van der Waals surface area contributed by atoms with Gasteiger partial charge in [-0.1, -0.05) is 120 Å². The van der Waals surface area contributed by atoms with E-state index >= 15 is 0 Å². The molecule has 1 aliphatic rings. The lowest BCUT2D eigenvalue weighted by atomic mass is 10.1. The number of rotatable bonds is 5. The lowest BCUT2D eigenvalue weighted by molar-refractivity contribution is 0.799. The molecule has 1 aliphatic carbocycles. The van der Waals surface area contributed by atoms with E-state index in [4.69, 9.17) is 0 Å². The molecule has 1 saturated carbocycles. The van der Waals surface area contributed by atoms with Crippen LogP contribution in [0.3, 0.4) is 0 Å². The van der Waals surface area contributed by atoms with E-state index in [1.165, 1.54) is 54.5 Å². The fraction of sp³-hybridized carbons (Fsp3) is 0.500. The number of aliphatic imine (C=N–C) groups is 1. The van der Waals surface area contributed by atoms with Gasteiger partial charge in [-0.05, 0) is 57.2 Å². The predicted molar refractivity (Wildman–Crippen MR) is 144 cm³/mol. The average Bonchev–Trinajstić information content (AvgIpc) is 3.61. The van der Waals surface area contributed by atoms with Gasteiger partial charge in [0.05, 0.1) is 5.69 Å². The highest BCUT2D eigenvalue weighted by atomic mass is 14.7. The third-order valence-electron chi connectivity index (χ3n) is 5.22. The number of benzene rings is 2. The topological polar surface area (TPSA) is 12.4 Å². The van der Waals surface area contributed by atoms with Crippen molar-refractivity contribution in [2.24, 2.45) is 10.9 Å². The Morgan fingerprint density at radius 1 is 0.903 bits per heavy atom. The first-order valence-electron chi connectivity index (χ1n) is 12.1. The second-order valence-electron chi connectivity index (χ2n) is 8.49. The van der Waals surface area contributed by atoms with Gasteiger partial charge in [0.1, 0.15) is 0 Å². The Labute approximate surface area is 193 Å². The molecule has 0 spiro atoms. The third-order valence-corrected chi connectivity index (χ3v) is 5.22. The lowest BCUT2D eigenvalue weighted by Gasteiger charge is -2.00. The zero-order valence-corrected chi connectivity index (χ0v) is 21.6. The number of allylic oxidation sites excluding steroid dienone is 1. The standard InChI is InChI=1S/C11H15N.C10H12.C5H10.C4H10/c1-4-10(3)12-11-8-6-5-7-9(11)2;1-8(2)10-6-4-5-9(3)7-10;1-2-5-3-4-5;1-3-4-2/h5-8H,4H2,1-3H3;4-7H,1H2,2-3H3;5H,2-4H2,1H3;3-4H2,1-2H3. The third kappa shape index (κ3) is 15.3. The van der Waals surface area contributed by atoms with Gasteiger partial charge in [-0.15, -0.1) is 0 Å². The van der Waals surface area contributed by atoms with Gasteiger partial charge in [0, 0.05) is 5.71 Å². The first-order chi connectivity index (χ1) is 14.8. The SMILES string of the molecule is C=C(C)c1cccc(C)c1.CCC(C)=Nc1ccccc1C.CCC1CC1.CCCC. The first kappa shape index (κ1) is 28.9. The smallest absolute Gasteiger partial charge is 0.0658 e. The number of aryl methyl sites for hydroxylation is 2. The zero-order chi connectivity index (χ0) is 23.6. The van der Waals surface area contributed by atoms with Gasteiger partial charge in [-0.3, -0.25) is 4.99 Å². The van der Waals surface area contributed by atoms with Gasteiger partial charge in [0.25, 0.3) is 0 Å². The molecule has 0 N–H and O–H groups in total. The monoisotopic (exact) mass is 421 g/mol. The number of para-hydroxylation sites is 1. The fourth-order valence-corrected chi connectivity index (χ4v) is 2.41. The highest BCUT2D eigenvalue weighted by Crippen LogP contribution is 2.31. The molecular weight excluding hydrogens is 374 g/mol. The Hall–Kier alpha value is -2.15. The van der Waals surface area contributed by atoms with E-state index in [0.717, 1.165) is 23.6 Å². The molecule has 0 atom stereocenters. The van der Waals surface area contributed by atoms with Crippen LogP contribution in [0.4, 0.5) is 5.69 Å². The van der Waals surface area contributed by atoms with Crippen LogP contribution in [0.1, 0.15) is 96.8 Å². The maximum atomic E-state index is 4.49. The van der Waals surface area contributed by atoms with Crippen LogP contribution in [0.2, 0.25) is 0 Å². The summed E-state index contributed by atoms with van der Waals surface area (Å²) in [6, 6.07) is 16.6. The Kier molecular flexibility index (Phi) is 16.3. The Bertz CT molecular complexity index is 763. The number of hydrogen-bond acceptors (Lipinski definition) is 1. The molecule has 0 aromatic heterocycles. The van der Waals surface area contributed by atoms with Gasteiger partial charge in [0.2, 0.25) is 0 Å². The van der Waals surface area contributed by atoms with E-state index in [1.807, 2.05) is 19.1 Å². The summed E-state index contributed by atoms with van der Waals surface area (Å²) in [7, 11) is 0. The summed E-state index contributed by atoms with van der Waals surface area (Å²) in [4.78, 5) is 4.49. The van der Waals surface area contributed by atoms with Crippen LogP contribution < -0.4 is 0 Å². The molecule has 1 nitrogen and oxygen atoms in total. The maximum absolute atomic E-state index is 4.49. The van der Waals surface area contributed by atoms with Crippen LogP contribution in [-0.4, -0.2) is 5.71 Å². The van der Waals surface area contributed by atoms with Gasteiger partial charge in [0.15, 0.2) is 0 Å². The molecule has 31 heavy (non-hydrogen) atoms. The largest absolute Gasteiger partial charge is 0.258 e. The fourth-order valence-electron chi connectivity index (χ4n) is 2.41. The highest BCUT2D eigenvalue weighted by Gasteiger charge is 2.17. The van der Waals surface area contributed by atoms with E-state index < -0.39 is 0 Å². The van der Waals surface area contributed by atoms with Gasteiger partial charge >= 0.3 is 0 Å². The minimum absolute atomic E-state index is 1.02. The molecule has 2 aromatic carbocycles. The molecule has 1 fully saturated rings. The van der Waals surface area contributed by atoms with E-state index in [9.17, 15) is 0 Å². The van der Waals surface area contributed by atoms with E-state index in [-0.39, 0.29) is 0 Å². The van der Waals surface area contributed by atoms with Crippen LogP contribution >= 0.6 is 0 Å². The molecule has 2 aromatic rings. The molecule has 0 heterocycles. The molecule has 1 heteroatoms. The van der Waals surface area contributed by atoms with Crippen molar-refractivity contribution >= 4 is 17.0 Å². The van der Waals surface area contributed by atoms with Crippen LogP contribution in [0, 0.1) is 19.8 Å². The van der Waals surface area contributed by atoms with Crippen molar-refractivity contribution in [3.8, 4) is 0 Å². The Morgan fingerprint density at radius 3 is 1.87 bits per heavy atom. The summed E-state index contributed by atoms with van der Waals surface area (Å²) in [5.74, 6) is 1.13. The first-order valence-corrected chi connectivity index (χ1v) is 12.1. The van der Waals surface area contributed by atoms with E-state index in [0.29, 0.717) is 0 Å². The number of nitrogens with zero attached hydrogens (tertiary/aromatic N) is 1. The van der Waals surface area contributed by atoms with Crippen molar-refractivity contribution in [1.82, 2.24) is 0 Å². The molecule has 0 radical (unpaired) electrons. The molecular formula is C30H47N. The minimum Gasteiger partial charge on any atom is -0.258 e. The molecule has 0 saturated heterocycles. The van der Waals surface area contributed by atoms with Crippen molar-refractivity contribution in [1.29, 1.82) is 0 Å². The zero-order valence-electron chi connectivity index (χ0n) is 21.6. The number of unbranched alkanes of at least 4 members (excludes halogenated alkanes) is 1. The van der Waals surface area contributed by atoms with Gasteiger partial charge in [-0.2, -0.15) is 0 Å². The quantitative estimate of drug-likeness (QED) is 0.426. The molecule has 172 valence electrons. The maximum Gasteiger partial charge on any atom is 0.0658 e. The van der Waals surface area contributed by atoms with Crippen LogP contribution in [0.25, 0.3) is 5.57 Å². The highest BCUT2D eigenvalue weighted by molar-refractivity contribution is 5.84. The second-order valence-corrected chi connectivity index (χ2v) is 8.49. The summed E-state index contributed by atoms with van der Waals surface area (Å²) in [6.45, 7) is 20.9. The van der Waals surface area contributed by atoms with Gasteiger partial charge in [-0.25, -0.2) is 0 Å². The molecule has 0 amide bonds. The molecule has 0 unspecified atom stereocenters. The average molecular weight is 422 g/mol. The normalized spacial score (nSPS) is 12.3. The summed E-state index contributed by atoms with van der Waals surface area (Å²) < 4.78 is 0. The van der Waals surface area contributed by atoms with E-state index in [1.54, 1.807) is 0 Å². The van der Waals surface area contributed by atoms with Crippen molar-refractivity contribution in [3.63, 3.8) is 0 Å². The van der Waals surface area contributed by atoms with Crippen LogP contribution in [-0.2, 0) is 0 Å². The van der Waals surface area contributed by atoms with E-state index in [2.05, 4.69) is 96.4 Å². The van der Waals surface area contributed by atoms with Crippen LogP contribution in [0.5, 0.6) is 0 Å². The molecule has 0 aliphatic heterocycles. The second kappa shape index (κ2) is 17.5. The van der Waals surface area contributed by atoms with Gasteiger partial charge < -0.3 is 0 Å². The lowest BCUT2D eigenvalue weighted by Crippen LogP contribution is -1.86. The molecule has 0 bridgehead atoms. The minimum atomic E-state index is 1.02. The van der Waals surface area contributed by atoms with Crippen molar-refractivity contribution < 1.29 is 0 Å². The molecule has 3 rings (SSSR count). The summed E-state index contributed by atoms with van der Waals surface area (Å²) >= 11 is 0. The summed E-state index contributed by atoms with van der Waals surface area (Å²) in [5, 5.41) is 0. The van der Waals surface area contributed by atoms with Crippen molar-refractivity contribution in [2.45, 2.75) is 93.9 Å². The Morgan fingerprint density at radius 2 is 1.52 bits per heavy atom. The Balaban J connectivity index is 0.000000423. The summed E-state index contributed by atoms with van der Waals surface area (Å²) in [5.41, 5.74) is 7.18. The van der Waals surface area contributed by atoms with Crippen molar-refractivity contribution in [3.05, 3.63) is 71.8 Å².